The molecular formula is C18H16ClF3N2O. The first-order valence-corrected chi connectivity index (χ1v) is 8.10. The Morgan fingerprint density at radius 2 is 1.76 bits per heavy atom. The van der Waals surface area contributed by atoms with Crippen molar-refractivity contribution in [1.82, 2.24) is 5.32 Å². The SMILES string of the molecule is Cc1ccc(C2(NC(=O)Nc3cc(C(F)(F)F)ccc3Cl)CC2)cc1. The van der Waals surface area contributed by atoms with Crippen molar-refractivity contribution in [3.63, 3.8) is 0 Å². The molecule has 0 unspecified atom stereocenters. The van der Waals surface area contributed by atoms with Crippen molar-refractivity contribution >= 4 is 23.3 Å². The summed E-state index contributed by atoms with van der Waals surface area (Å²) in [4.78, 5) is 12.3. The average molecular weight is 369 g/mol. The molecule has 0 spiro atoms. The Bertz CT molecular complexity index is 799. The molecule has 0 atom stereocenters. The summed E-state index contributed by atoms with van der Waals surface area (Å²) in [5, 5.41) is 5.31. The highest BCUT2D eigenvalue weighted by atomic mass is 35.5. The van der Waals surface area contributed by atoms with Crippen LogP contribution in [0.15, 0.2) is 42.5 Å². The maximum absolute atomic E-state index is 12.8. The van der Waals surface area contributed by atoms with Crippen molar-refractivity contribution in [3.8, 4) is 0 Å². The minimum Gasteiger partial charge on any atom is -0.328 e. The fourth-order valence-electron chi connectivity index (χ4n) is 2.65. The molecule has 2 aromatic carbocycles. The Morgan fingerprint density at radius 3 is 2.32 bits per heavy atom. The zero-order valence-corrected chi connectivity index (χ0v) is 14.1. The molecule has 2 aromatic rings. The first-order valence-electron chi connectivity index (χ1n) is 7.73. The molecule has 0 bridgehead atoms. The zero-order chi connectivity index (χ0) is 18.2. The predicted octanol–water partition coefficient (Wildman–Crippen LogP) is 5.48. The van der Waals surface area contributed by atoms with Crippen LogP contribution in [0, 0.1) is 6.92 Å². The van der Waals surface area contributed by atoms with Crippen LogP contribution in [0.3, 0.4) is 0 Å². The molecule has 132 valence electrons. The number of hydrogen-bond acceptors (Lipinski definition) is 1. The van der Waals surface area contributed by atoms with E-state index in [1.807, 2.05) is 31.2 Å². The van der Waals surface area contributed by atoms with E-state index >= 15 is 0 Å². The van der Waals surface area contributed by atoms with Crippen molar-refractivity contribution < 1.29 is 18.0 Å². The third-order valence-electron chi connectivity index (χ3n) is 4.25. The molecule has 2 amide bonds. The van der Waals surface area contributed by atoms with Gasteiger partial charge in [-0.15, -0.1) is 0 Å². The molecule has 7 heteroatoms. The molecule has 1 fully saturated rings. The predicted molar refractivity (Wildman–Crippen MR) is 90.7 cm³/mol. The third-order valence-corrected chi connectivity index (χ3v) is 4.58. The summed E-state index contributed by atoms with van der Waals surface area (Å²) in [6.07, 6.45) is -2.95. The largest absolute Gasteiger partial charge is 0.416 e. The van der Waals surface area contributed by atoms with Crippen molar-refractivity contribution in [1.29, 1.82) is 0 Å². The normalized spacial score (nSPS) is 15.6. The van der Waals surface area contributed by atoms with Gasteiger partial charge in [0.1, 0.15) is 0 Å². The topological polar surface area (TPSA) is 41.1 Å². The van der Waals surface area contributed by atoms with E-state index in [1.165, 1.54) is 0 Å². The van der Waals surface area contributed by atoms with Crippen LogP contribution < -0.4 is 10.6 Å². The van der Waals surface area contributed by atoms with Gasteiger partial charge in [0.2, 0.25) is 0 Å². The summed E-state index contributed by atoms with van der Waals surface area (Å²) in [5.41, 5.74) is 0.676. The molecule has 1 aliphatic carbocycles. The summed E-state index contributed by atoms with van der Waals surface area (Å²) in [6.45, 7) is 1.97. The summed E-state index contributed by atoms with van der Waals surface area (Å²) < 4.78 is 38.4. The van der Waals surface area contributed by atoms with Gasteiger partial charge in [-0.3, -0.25) is 0 Å². The first kappa shape index (κ1) is 17.6. The molecule has 0 saturated heterocycles. The second-order valence-electron chi connectivity index (χ2n) is 6.22. The van der Waals surface area contributed by atoms with Crippen LogP contribution in [-0.4, -0.2) is 6.03 Å². The number of nitrogens with one attached hydrogen (secondary N) is 2. The van der Waals surface area contributed by atoms with Crippen LogP contribution in [0.25, 0.3) is 0 Å². The number of carbonyl (C=O) groups is 1. The highest BCUT2D eigenvalue weighted by Gasteiger charge is 2.45. The Labute approximate surface area is 148 Å². The van der Waals surface area contributed by atoms with Crippen LogP contribution in [0.4, 0.5) is 23.7 Å². The molecule has 0 radical (unpaired) electrons. The second-order valence-corrected chi connectivity index (χ2v) is 6.63. The van der Waals surface area contributed by atoms with Crippen LogP contribution >= 0.6 is 11.6 Å². The van der Waals surface area contributed by atoms with Gasteiger partial charge in [-0.25, -0.2) is 4.79 Å². The molecule has 3 nitrogen and oxygen atoms in total. The number of rotatable bonds is 3. The maximum Gasteiger partial charge on any atom is 0.416 e. The number of amides is 2. The number of benzene rings is 2. The van der Waals surface area contributed by atoms with Gasteiger partial charge >= 0.3 is 12.2 Å². The van der Waals surface area contributed by atoms with Gasteiger partial charge in [0, 0.05) is 0 Å². The van der Waals surface area contributed by atoms with Crippen molar-refractivity contribution in [2.45, 2.75) is 31.5 Å². The Morgan fingerprint density at radius 1 is 1.12 bits per heavy atom. The Balaban J connectivity index is 1.74. The minimum absolute atomic E-state index is 0.0448. The second kappa shape index (κ2) is 6.26. The van der Waals surface area contributed by atoms with E-state index < -0.39 is 23.3 Å². The molecule has 3 rings (SSSR count). The molecule has 0 aliphatic heterocycles. The molecule has 2 N–H and O–H groups in total. The van der Waals surface area contributed by atoms with E-state index in [2.05, 4.69) is 10.6 Å². The first-order chi connectivity index (χ1) is 11.7. The van der Waals surface area contributed by atoms with E-state index in [1.54, 1.807) is 0 Å². The monoisotopic (exact) mass is 368 g/mol. The van der Waals surface area contributed by atoms with E-state index in [9.17, 15) is 18.0 Å². The number of carbonyl (C=O) groups excluding carboxylic acids is 1. The molecule has 1 aliphatic rings. The van der Waals surface area contributed by atoms with E-state index in [-0.39, 0.29) is 10.7 Å². The van der Waals surface area contributed by atoms with Crippen LogP contribution in [-0.2, 0) is 11.7 Å². The van der Waals surface area contributed by atoms with Crippen LogP contribution in [0.1, 0.15) is 29.5 Å². The summed E-state index contributed by atoms with van der Waals surface area (Å²) in [5.74, 6) is 0. The zero-order valence-electron chi connectivity index (χ0n) is 13.4. The van der Waals surface area contributed by atoms with Crippen molar-refractivity contribution in [2.75, 3.05) is 5.32 Å². The Kier molecular flexibility index (Phi) is 4.41. The summed E-state index contributed by atoms with van der Waals surface area (Å²) >= 11 is 5.90. The minimum atomic E-state index is -4.50. The quantitative estimate of drug-likeness (QED) is 0.740. The maximum atomic E-state index is 12.8. The van der Waals surface area contributed by atoms with Crippen molar-refractivity contribution in [3.05, 3.63) is 64.2 Å². The van der Waals surface area contributed by atoms with Crippen LogP contribution in [0.5, 0.6) is 0 Å². The van der Waals surface area contributed by atoms with Gasteiger partial charge in [0.15, 0.2) is 0 Å². The van der Waals surface area contributed by atoms with Gasteiger partial charge in [0.05, 0.1) is 21.8 Å². The molecule has 1 saturated carbocycles. The number of alkyl halides is 3. The lowest BCUT2D eigenvalue weighted by Gasteiger charge is -2.19. The Hall–Kier alpha value is -2.21. The number of urea groups is 1. The highest BCUT2D eigenvalue weighted by molar-refractivity contribution is 6.33. The van der Waals surface area contributed by atoms with Gasteiger partial charge in [-0.05, 0) is 43.5 Å². The smallest absolute Gasteiger partial charge is 0.328 e. The summed E-state index contributed by atoms with van der Waals surface area (Å²) in [7, 11) is 0. The highest BCUT2D eigenvalue weighted by Crippen LogP contribution is 2.45. The van der Waals surface area contributed by atoms with E-state index in [0.29, 0.717) is 0 Å². The standard InChI is InChI=1S/C18H16ClF3N2O/c1-11-2-4-12(5-3-11)17(8-9-17)24-16(25)23-15-10-13(18(20,21)22)6-7-14(15)19/h2-7,10H,8-9H2,1H3,(H2,23,24,25). The molecule has 0 heterocycles. The van der Waals surface area contributed by atoms with Crippen molar-refractivity contribution in [2.24, 2.45) is 0 Å². The molecule has 0 aromatic heterocycles. The number of anilines is 1. The van der Waals surface area contributed by atoms with Gasteiger partial charge in [0.25, 0.3) is 0 Å². The molecule has 25 heavy (non-hydrogen) atoms. The fourth-order valence-corrected chi connectivity index (χ4v) is 2.82. The van der Waals surface area contributed by atoms with E-state index in [4.69, 9.17) is 11.6 Å². The van der Waals surface area contributed by atoms with Crippen LogP contribution in [0.2, 0.25) is 5.02 Å². The lowest BCUT2D eigenvalue weighted by atomic mass is 10.0. The number of aryl methyl sites for hydroxylation is 1. The third kappa shape index (κ3) is 3.90. The van der Waals surface area contributed by atoms with Gasteiger partial charge in [-0.1, -0.05) is 41.4 Å². The summed E-state index contributed by atoms with van der Waals surface area (Å²) in [6, 6.07) is 10.0. The lowest BCUT2D eigenvalue weighted by Crippen LogP contribution is -2.38. The van der Waals surface area contributed by atoms with Gasteiger partial charge < -0.3 is 10.6 Å². The lowest BCUT2D eigenvalue weighted by molar-refractivity contribution is -0.137. The fraction of sp³-hybridized carbons (Fsp3) is 0.278. The number of halogens is 4. The van der Waals surface area contributed by atoms with Gasteiger partial charge in [-0.2, -0.15) is 13.2 Å². The average Bonchev–Trinajstić information content (AvgIpc) is 3.29. The number of hydrogen-bond donors (Lipinski definition) is 2. The van der Waals surface area contributed by atoms with E-state index in [0.717, 1.165) is 42.2 Å². The molecular weight excluding hydrogens is 353 g/mol.